The summed E-state index contributed by atoms with van der Waals surface area (Å²) in [4.78, 5) is 25.1. The van der Waals surface area contributed by atoms with Crippen molar-refractivity contribution in [2.45, 2.75) is 25.4 Å². The van der Waals surface area contributed by atoms with Crippen LogP contribution < -0.4 is 10.6 Å². The predicted molar refractivity (Wildman–Crippen MR) is 110 cm³/mol. The average molecular weight is 378 g/mol. The van der Waals surface area contributed by atoms with Gasteiger partial charge in [-0.15, -0.1) is 0 Å². The molecule has 2 N–H and O–H groups in total. The van der Waals surface area contributed by atoms with Crippen molar-refractivity contribution in [3.63, 3.8) is 0 Å². The summed E-state index contributed by atoms with van der Waals surface area (Å²) in [6.07, 6.45) is 2.20. The number of nitrogens with zero attached hydrogens (tertiary/aromatic N) is 3. The van der Waals surface area contributed by atoms with E-state index in [0.717, 1.165) is 42.0 Å². The van der Waals surface area contributed by atoms with Crippen LogP contribution in [-0.4, -0.2) is 49.1 Å². The number of aliphatic imine (C=N–C) groups is 1. The maximum absolute atomic E-state index is 13.0. The highest BCUT2D eigenvalue weighted by atomic mass is 16.7. The normalized spacial score (nSPS) is 20.0. The number of hydrogen-bond donors (Lipinski definition) is 1. The number of para-hydroxylation sites is 1. The smallest absolute Gasteiger partial charge is 0.266 e. The van der Waals surface area contributed by atoms with E-state index in [1.165, 1.54) is 12.8 Å². The fourth-order valence-corrected chi connectivity index (χ4v) is 3.74. The van der Waals surface area contributed by atoms with Crippen LogP contribution in [0.5, 0.6) is 0 Å². The Morgan fingerprint density at radius 3 is 2.54 bits per heavy atom. The predicted octanol–water partition coefficient (Wildman–Crippen LogP) is 2.57. The van der Waals surface area contributed by atoms with Crippen LogP contribution in [-0.2, 0) is 9.63 Å². The van der Waals surface area contributed by atoms with Crippen LogP contribution in [0.3, 0.4) is 0 Å². The van der Waals surface area contributed by atoms with Crippen molar-refractivity contribution in [2.75, 3.05) is 31.1 Å². The lowest BCUT2D eigenvalue weighted by Gasteiger charge is -2.24. The van der Waals surface area contributed by atoms with Gasteiger partial charge in [0.1, 0.15) is 0 Å². The zero-order valence-corrected chi connectivity index (χ0v) is 16.0. The Morgan fingerprint density at radius 1 is 1.04 bits per heavy atom. The Bertz CT molecular complexity index is 847. The fourth-order valence-electron chi connectivity index (χ4n) is 3.74. The fraction of sp³-hybridized carbons (Fsp3) is 0.364. The van der Waals surface area contributed by atoms with E-state index in [9.17, 15) is 4.79 Å². The van der Waals surface area contributed by atoms with E-state index in [0.29, 0.717) is 13.2 Å². The maximum Gasteiger partial charge on any atom is 0.266 e. The van der Waals surface area contributed by atoms with Gasteiger partial charge in [0.15, 0.2) is 6.17 Å². The molecule has 4 rings (SSSR count). The molecular formula is C22H26N4O2. The quantitative estimate of drug-likeness (QED) is 0.785. The minimum absolute atomic E-state index is 0.181. The summed E-state index contributed by atoms with van der Waals surface area (Å²) in [6.45, 7) is 3.12. The van der Waals surface area contributed by atoms with E-state index in [2.05, 4.69) is 4.99 Å². The van der Waals surface area contributed by atoms with E-state index in [4.69, 9.17) is 10.6 Å². The highest BCUT2D eigenvalue weighted by Gasteiger charge is 2.29. The summed E-state index contributed by atoms with van der Waals surface area (Å²) in [7, 11) is 0. The van der Waals surface area contributed by atoms with Gasteiger partial charge in [0.25, 0.3) is 5.91 Å². The van der Waals surface area contributed by atoms with Gasteiger partial charge < -0.3 is 10.6 Å². The van der Waals surface area contributed by atoms with Crippen molar-refractivity contribution >= 4 is 17.3 Å². The number of carbonyl (C=O) groups excluding carboxylic acids is 1. The molecule has 1 saturated heterocycles. The first kappa shape index (κ1) is 18.8. The molecule has 1 amide bonds. The Hall–Kier alpha value is -2.54. The molecule has 0 saturated carbocycles. The van der Waals surface area contributed by atoms with Gasteiger partial charge in [-0.05, 0) is 25.3 Å². The van der Waals surface area contributed by atoms with Crippen LogP contribution in [0.1, 0.15) is 30.4 Å². The third-order valence-corrected chi connectivity index (χ3v) is 5.15. The van der Waals surface area contributed by atoms with Crippen LogP contribution in [0.4, 0.5) is 5.69 Å². The molecule has 0 bridgehead atoms. The molecule has 6 nitrogen and oxygen atoms in total. The number of hydroxylamine groups is 2. The number of carbonyl (C=O) groups is 1. The van der Waals surface area contributed by atoms with Crippen molar-refractivity contribution < 1.29 is 9.63 Å². The number of rotatable bonds is 6. The number of hydrogen-bond acceptors (Lipinski definition) is 5. The average Bonchev–Trinajstić information content (AvgIpc) is 3.22. The minimum atomic E-state index is -0.915. The topological polar surface area (TPSA) is 71.2 Å². The molecule has 2 aliphatic rings. The van der Waals surface area contributed by atoms with Crippen molar-refractivity contribution in [1.29, 1.82) is 0 Å². The van der Waals surface area contributed by atoms with Gasteiger partial charge in [0.05, 0.1) is 18.0 Å². The van der Waals surface area contributed by atoms with Crippen LogP contribution in [0.25, 0.3) is 0 Å². The van der Waals surface area contributed by atoms with Crippen LogP contribution in [0, 0.1) is 0 Å². The third-order valence-electron chi connectivity index (χ3n) is 5.15. The Balaban J connectivity index is 1.56. The molecule has 0 aromatic heterocycles. The van der Waals surface area contributed by atoms with Gasteiger partial charge in [-0.3, -0.25) is 14.6 Å². The number of benzene rings is 2. The molecule has 0 radical (unpaired) electrons. The lowest BCUT2D eigenvalue weighted by atomic mass is 10.0. The summed E-state index contributed by atoms with van der Waals surface area (Å²) < 4.78 is 0. The Kier molecular flexibility index (Phi) is 5.81. The van der Waals surface area contributed by atoms with Gasteiger partial charge in [-0.1, -0.05) is 48.5 Å². The molecule has 0 aliphatic carbocycles. The largest absolute Gasteiger partial charge is 0.309 e. The molecule has 2 aromatic rings. The third kappa shape index (κ3) is 3.99. The number of benzodiazepines with no additional fused rings is 1. The minimum Gasteiger partial charge on any atom is -0.309 e. The highest BCUT2D eigenvalue weighted by Crippen LogP contribution is 2.28. The van der Waals surface area contributed by atoms with Crippen molar-refractivity contribution in [3.8, 4) is 0 Å². The number of fused-ring (bicyclic) bond motifs is 1. The molecule has 146 valence electrons. The summed E-state index contributed by atoms with van der Waals surface area (Å²) in [5.74, 6) is -0.181. The number of anilines is 1. The SMILES string of the molecule is NC1N=C(c2ccccc2)c2ccccc2N(CCCON2CCCC2)C1=O. The summed E-state index contributed by atoms with van der Waals surface area (Å²) >= 11 is 0. The van der Waals surface area contributed by atoms with Crippen molar-refractivity contribution in [1.82, 2.24) is 5.06 Å². The molecule has 28 heavy (non-hydrogen) atoms. The summed E-state index contributed by atoms with van der Waals surface area (Å²) in [5.41, 5.74) is 9.65. The highest BCUT2D eigenvalue weighted by molar-refractivity contribution is 6.20. The van der Waals surface area contributed by atoms with Crippen LogP contribution >= 0.6 is 0 Å². The molecule has 1 unspecified atom stereocenters. The maximum atomic E-state index is 13.0. The summed E-state index contributed by atoms with van der Waals surface area (Å²) in [6, 6.07) is 17.7. The Morgan fingerprint density at radius 2 is 1.75 bits per heavy atom. The van der Waals surface area contributed by atoms with Gasteiger partial charge in [-0.25, -0.2) is 0 Å². The van der Waals surface area contributed by atoms with E-state index < -0.39 is 6.17 Å². The van der Waals surface area contributed by atoms with Gasteiger partial charge in [0.2, 0.25) is 0 Å². The first-order chi connectivity index (χ1) is 13.7. The van der Waals surface area contributed by atoms with Gasteiger partial charge >= 0.3 is 0 Å². The lowest BCUT2D eigenvalue weighted by Crippen LogP contribution is -2.43. The number of amides is 1. The van der Waals surface area contributed by atoms with E-state index in [-0.39, 0.29) is 5.91 Å². The van der Waals surface area contributed by atoms with Gasteiger partial charge in [-0.2, -0.15) is 5.06 Å². The molecular weight excluding hydrogens is 352 g/mol. The van der Waals surface area contributed by atoms with Gasteiger partial charge in [0, 0.05) is 30.8 Å². The lowest BCUT2D eigenvalue weighted by molar-refractivity contribution is -0.143. The molecule has 1 fully saturated rings. The second-order valence-corrected chi connectivity index (χ2v) is 7.12. The second-order valence-electron chi connectivity index (χ2n) is 7.12. The first-order valence-electron chi connectivity index (χ1n) is 9.91. The van der Waals surface area contributed by atoms with Crippen LogP contribution in [0.15, 0.2) is 59.6 Å². The van der Waals surface area contributed by atoms with Crippen LogP contribution in [0.2, 0.25) is 0 Å². The van der Waals surface area contributed by atoms with E-state index >= 15 is 0 Å². The zero-order chi connectivity index (χ0) is 19.3. The molecule has 0 spiro atoms. The number of nitrogens with two attached hydrogens (primary N) is 1. The standard InChI is InChI=1S/C22H26N4O2/c23-21-22(27)26(15-8-16-28-25-13-6-7-14-25)19-12-5-4-11-18(19)20(24-21)17-9-2-1-3-10-17/h1-5,9-12,21H,6-8,13-16,23H2. The molecule has 1 atom stereocenters. The van der Waals surface area contributed by atoms with E-state index in [1.807, 2.05) is 59.7 Å². The summed E-state index contributed by atoms with van der Waals surface area (Å²) in [5, 5.41) is 2.01. The first-order valence-corrected chi connectivity index (χ1v) is 9.91. The van der Waals surface area contributed by atoms with E-state index in [1.54, 1.807) is 4.90 Å². The zero-order valence-electron chi connectivity index (χ0n) is 16.0. The Labute approximate surface area is 165 Å². The molecule has 2 aromatic carbocycles. The molecule has 6 heteroatoms. The monoisotopic (exact) mass is 378 g/mol. The van der Waals surface area contributed by atoms with Crippen molar-refractivity contribution in [3.05, 3.63) is 65.7 Å². The second kappa shape index (κ2) is 8.65. The molecule has 2 heterocycles. The van der Waals surface area contributed by atoms with Crippen molar-refractivity contribution in [2.24, 2.45) is 10.7 Å². The molecule has 2 aliphatic heterocycles.